The number of benzene rings is 2. The van der Waals surface area contributed by atoms with E-state index in [4.69, 9.17) is 18.0 Å². The molecular formula is C22H28O4Si. The molecular weight excluding hydrogens is 356 g/mol. The van der Waals surface area contributed by atoms with Crippen molar-refractivity contribution < 1.29 is 18.0 Å². The van der Waals surface area contributed by atoms with Crippen LogP contribution in [-0.2, 0) is 19.7 Å². The quantitative estimate of drug-likeness (QED) is 0.387. The van der Waals surface area contributed by atoms with Gasteiger partial charge in [0.15, 0.2) is 0 Å². The van der Waals surface area contributed by atoms with Crippen LogP contribution in [0.2, 0.25) is 6.04 Å². The van der Waals surface area contributed by atoms with Gasteiger partial charge in [0.05, 0.1) is 6.61 Å². The second-order valence-corrected chi connectivity index (χ2v) is 9.72. The molecule has 0 spiro atoms. The van der Waals surface area contributed by atoms with Crippen LogP contribution in [0.5, 0.6) is 5.75 Å². The van der Waals surface area contributed by atoms with Gasteiger partial charge in [-0.1, -0.05) is 36.4 Å². The first-order valence-electron chi connectivity index (χ1n) is 9.32. The Morgan fingerprint density at radius 1 is 1.00 bits per heavy atom. The van der Waals surface area contributed by atoms with Crippen molar-refractivity contribution in [3.63, 3.8) is 0 Å². The van der Waals surface area contributed by atoms with E-state index in [-0.39, 0.29) is 0 Å². The van der Waals surface area contributed by atoms with Crippen LogP contribution in [-0.4, -0.2) is 36.7 Å². The summed E-state index contributed by atoms with van der Waals surface area (Å²) < 4.78 is 22.7. The van der Waals surface area contributed by atoms with Gasteiger partial charge in [-0.2, -0.15) is 0 Å². The number of rotatable bonds is 9. The number of hydrogen-bond donors (Lipinski definition) is 0. The van der Waals surface area contributed by atoms with Crippen LogP contribution in [0.3, 0.4) is 0 Å². The fourth-order valence-electron chi connectivity index (χ4n) is 3.66. The topological polar surface area (TPSA) is 36.9 Å². The van der Waals surface area contributed by atoms with Crippen molar-refractivity contribution in [2.45, 2.75) is 25.8 Å². The lowest BCUT2D eigenvalue weighted by Gasteiger charge is -2.24. The summed E-state index contributed by atoms with van der Waals surface area (Å²) in [6, 6.07) is 13.7. The largest absolute Gasteiger partial charge is 0.500 e. The molecule has 0 radical (unpaired) electrons. The van der Waals surface area contributed by atoms with E-state index in [0.717, 1.165) is 30.2 Å². The molecule has 2 aromatic carbocycles. The normalized spacial score (nSPS) is 13.0. The van der Waals surface area contributed by atoms with Gasteiger partial charge in [0.1, 0.15) is 5.75 Å². The molecule has 0 amide bonds. The minimum Gasteiger partial charge on any atom is -0.493 e. The Balaban J connectivity index is 1.77. The first-order valence-corrected chi connectivity index (χ1v) is 11.3. The molecule has 3 rings (SSSR count). The molecule has 144 valence electrons. The Bertz CT molecular complexity index is 804. The fourth-order valence-corrected chi connectivity index (χ4v) is 5.35. The van der Waals surface area contributed by atoms with Crippen molar-refractivity contribution >= 4 is 14.9 Å². The molecule has 0 saturated carbocycles. The van der Waals surface area contributed by atoms with E-state index in [1.807, 2.05) is 6.92 Å². The van der Waals surface area contributed by atoms with Crippen LogP contribution in [0.25, 0.3) is 17.2 Å². The van der Waals surface area contributed by atoms with E-state index >= 15 is 0 Å². The van der Waals surface area contributed by atoms with Crippen molar-refractivity contribution in [3.05, 3.63) is 59.2 Å². The van der Waals surface area contributed by atoms with E-state index in [1.165, 1.54) is 22.3 Å². The molecule has 5 heteroatoms. The predicted molar refractivity (Wildman–Crippen MR) is 111 cm³/mol. The Kier molecular flexibility index (Phi) is 6.49. The Morgan fingerprint density at radius 3 is 2.44 bits per heavy atom. The second kappa shape index (κ2) is 8.84. The molecule has 0 unspecified atom stereocenters. The fraction of sp³-hybridized carbons (Fsp3) is 0.364. The monoisotopic (exact) mass is 384 g/mol. The molecule has 0 aliphatic heterocycles. The smallest absolute Gasteiger partial charge is 0.493 e. The minimum absolute atomic E-state index is 0.604. The maximum absolute atomic E-state index is 6.22. The van der Waals surface area contributed by atoms with Crippen molar-refractivity contribution in [1.29, 1.82) is 0 Å². The van der Waals surface area contributed by atoms with Crippen LogP contribution < -0.4 is 4.74 Å². The Morgan fingerprint density at radius 2 is 1.74 bits per heavy atom. The van der Waals surface area contributed by atoms with Gasteiger partial charge < -0.3 is 18.0 Å². The van der Waals surface area contributed by atoms with Gasteiger partial charge in [-0.15, -0.1) is 0 Å². The molecule has 0 heterocycles. The van der Waals surface area contributed by atoms with E-state index in [2.05, 4.69) is 48.6 Å². The van der Waals surface area contributed by atoms with Crippen molar-refractivity contribution in [2.75, 3.05) is 27.9 Å². The predicted octanol–water partition coefficient (Wildman–Crippen LogP) is 4.94. The summed E-state index contributed by atoms with van der Waals surface area (Å²) in [6.07, 6.45) is 5.91. The Hall–Kier alpha value is -1.92. The van der Waals surface area contributed by atoms with Gasteiger partial charge in [0.25, 0.3) is 0 Å². The summed E-state index contributed by atoms with van der Waals surface area (Å²) in [4.78, 5) is 0. The standard InChI is InChI=1S/C22H28O4Si/c1-5-9-17-14-20-19-11-7-6-10-18(19)16-21(20)22(15-17)26-12-8-13-27(23-2,24-3)25-4/h5-7,9-11,14-15H,8,12-13,16H2,1-4H3. The van der Waals surface area contributed by atoms with E-state index in [0.29, 0.717) is 6.61 Å². The third-order valence-electron chi connectivity index (χ3n) is 5.08. The number of allylic oxidation sites excluding steroid dienone is 1. The summed E-state index contributed by atoms with van der Waals surface area (Å²) in [5.41, 5.74) is 6.40. The third-order valence-corrected chi connectivity index (χ3v) is 7.92. The molecule has 1 aliphatic rings. The maximum atomic E-state index is 6.22. The molecule has 1 aliphatic carbocycles. The highest BCUT2D eigenvalue weighted by atomic mass is 28.4. The van der Waals surface area contributed by atoms with Gasteiger partial charge >= 0.3 is 8.80 Å². The SMILES string of the molecule is CC=Cc1cc(OCCC[Si](OC)(OC)OC)c2c(c1)-c1ccccc1C2. The van der Waals surface area contributed by atoms with Gasteiger partial charge in [-0.25, -0.2) is 0 Å². The zero-order valence-electron chi connectivity index (χ0n) is 16.6. The van der Waals surface area contributed by atoms with Crippen molar-refractivity contribution in [1.82, 2.24) is 0 Å². The summed E-state index contributed by atoms with van der Waals surface area (Å²) >= 11 is 0. The molecule has 4 nitrogen and oxygen atoms in total. The summed E-state index contributed by atoms with van der Waals surface area (Å²) in [5.74, 6) is 0.969. The average molecular weight is 385 g/mol. The van der Waals surface area contributed by atoms with Crippen LogP contribution in [0.4, 0.5) is 0 Å². The van der Waals surface area contributed by atoms with Crippen LogP contribution in [0, 0.1) is 0 Å². The molecule has 0 bridgehead atoms. The molecule has 0 atom stereocenters. The highest BCUT2D eigenvalue weighted by molar-refractivity contribution is 6.60. The lowest BCUT2D eigenvalue weighted by molar-refractivity contribution is 0.121. The molecule has 27 heavy (non-hydrogen) atoms. The van der Waals surface area contributed by atoms with Gasteiger partial charge in [-0.3, -0.25) is 0 Å². The summed E-state index contributed by atoms with van der Waals surface area (Å²) in [6.45, 7) is 2.64. The van der Waals surface area contributed by atoms with Crippen LogP contribution >= 0.6 is 0 Å². The number of ether oxygens (including phenoxy) is 1. The molecule has 0 fully saturated rings. The lowest BCUT2D eigenvalue weighted by atomic mass is 10.0. The Labute approximate surface area is 163 Å². The highest BCUT2D eigenvalue weighted by Gasteiger charge is 2.37. The summed E-state index contributed by atoms with van der Waals surface area (Å²) in [5, 5.41) is 0. The minimum atomic E-state index is -2.54. The average Bonchev–Trinajstić information content (AvgIpc) is 3.08. The van der Waals surface area contributed by atoms with E-state index in [1.54, 1.807) is 21.3 Å². The van der Waals surface area contributed by atoms with E-state index < -0.39 is 8.80 Å². The highest BCUT2D eigenvalue weighted by Crippen LogP contribution is 2.42. The first kappa shape index (κ1) is 19.8. The molecule has 0 saturated heterocycles. The lowest BCUT2D eigenvalue weighted by Crippen LogP contribution is -2.42. The van der Waals surface area contributed by atoms with Crippen molar-refractivity contribution in [3.8, 4) is 16.9 Å². The third kappa shape index (κ3) is 4.17. The molecule has 0 N–H and O–H groups in total. The molecule has 2 aromatic rings. The second-order valence-electron chi connectivity index (χ2n) is 6.63. The maximum Gasteiger partial charge on any atom is 0.500 e. The molecule has 0 aromatic heterocycles. The van der Waals surface area contributed by atoms with Gasteiger partial charge in [0, 0.05) is 39.4 Å². The van der Waals surface area contributed by atoms with Crippen LogP contribution in [0.1, 0.15) is 30.0 Å². The van der Waals surface area contributed by atoms with Crippen LogP contribution in [0.15, 0.2) is 42.5 Å². The zero-order valence-corrected chi connectivity index (χ0v) is 17.6. The zero-order chi connectivity index (χ0) is 19.3. The van der Waals surface area contributed by atoms with Gasteiger partial charge in [0.2, 0.25) is 0 Å². The van der Waals surface area contributed by atoms with E-state index in [9.17, 15) is 0 Å². The number of hydrogen-bond acceptors (Lipinski definition) is 4. The van der Waals surface area contributed by atoms with Crippen molar-refractivity contribution in [2.24, 2.45) is 0 Å². The number of fused-ring (bicyclic) bond motifs is 3. The first-order chi connectivity index (χ1) is 13.2. The summed E-state index contributed by atoms with van der Waals surface area (Å²) in [7, 11) is 2.39. The van der Waals surface area contributed by atoms with Gasteiger partial charge in [-0.05, 0) is 47.7 Å².